The van der Waals surface area contributed by atoms with Crippen molar-refractivity contribution in [2.24, 2.45) is 0 Å². The van der Waals surface area contributed by atoms with E-state index in [2.05, 4.69) is 10.3 Å². The van der Waals surface area contributed by atoms with Gasteiger partial charge in [-0.1, -0.05) is 35.3 Å². The van der Waals surface area contributed by atoms with Crippen LogP contribution in [-0.4, -0.2) is 53.1 Å². The fourth-order valence-electron chi connectivity index (χ4n) is 3.01. The van der Waals surface area contributed by atoms with E-state index in [-0.39, 0.29) is 27.8 Å². The van der Waals surface area contributed by atoms with Crippen molar-refractivity contribution in [2.75, 3.05) is 14.1 Å². The fourth-order valence-corrected chi connectivity index (χ4v) is 3.58. The van der Waals surface area contributed by atoms with Crippen LogP contribution in [-0.2, 0) is 11.2 Å². The van der Waals surface area contributed by atoms with Gasteiger partial charge < -0.3 is 20.1 Å². The van der Waals surface area contributed by atoms with E-state index in [9.17, 15) is 19.5 Å². The van der Waals surface area contributed by atoms with Crippen LogP contribution in [0.5, 0.6) is 5.75 Å². The van der Waals surface area contributed by atoms with Crippen LogP contribution in [0.2, 0.25) is 10.0 Å². The number of rotatable bonds is 6. The second-order valence-electron chi connectivity index (χ2n) is 7.05. The van der Waals surface area contributed by atoms with Crippen LogP contribution in [0.4, 0.5) is 4.79 Å². The van der Waals surface area contributed by atoms with Crippen molar-refractivity contribution < 1.29 is 24.2 Å². The summed E-state index contributed by atoms with van der Waals surface area (Å²) in [5, 5.41) is 12.9. The first-order chi connectivity index (χ1) is 15.2. The Kier molecular flexibility index (Phi) is 7.17. The Morgan fingerprint density at radius 3 is 2.41 bits per heavy atom. The third-order valence-corrected chi connectivity index (χ3v) is 5.22. The van der Waals surface area contributed by atoms with Crippen molar-refractivity contribution in [3.05, 3.63) is 69.8 Å². The summed E-state index contributed by atoms with van der Waals surface area (Å²) in [6.45, 7) is 0. The molecule has 0 aliphatic heterocycles. The highest BCUT2D eigenvalue weighted by molar-refractivity contribution is 6.39. The molecular formula is C22H19Cl2N3O5. The molecular weight excluding hydrogens is 457 g/mol. The number of fused-ring (bicyclic) bond motifs is 1. The molecule has 166 valence electrons. The zero-order chi connectivity index (χ0) is 23.4. The molecule has 0 radical (unpaired) electrons. The van der Waals surface area contributed by atoms with Crippen LogP contribution in [0, 0.1) is 0 Å². The predicted octanol–water partition coefficient (Wildman–Crippen LogP) is 4.03. The second kappa shape index (κ2) is 9.84. The van der Waals surface area contributed by atoms with Crippen molar-refractivity contribution >= 4 is 52.1 Å². The number of amides is 2. The molecule has 1 atom stereocenters. The summed E-state index contributed by atoms with van der Waals surface area (Å²) in [6, 6.07) is 9.84. The molecule has 2 N–H and O–H groups in total. The highest BCUT2D eigenvalue weighted by Crippen LogP contribution is 2.29. The van der Waals surface area contributed by atoms with Crippen LogP contribution in [0.3, 0.4) is 0 Å². The van der Waals surface area contributed by atoms with Gasteiger partial charge in [0.1, 0.15) is 11.8 Å². The molecule has 0 spiro atoms. The number of hydrogen-bond acceptors (Lipinski definition) is 5. The Balaban J connectivity index is 1.91. The van der Waals surface area contributed by atoms with Gasteiger partial charge in [-0.15, -0.1) is 0 Å². The number of aromatic nitrogens is 1. The van der Waals surface area contributed by atoms with Gasteiger partial charge in [0.2, 0.25) is 0 Å². The number of benzene rings is 2. The SMILES string of the molecule is CN(C)C(=O)Oc1ccc(C[C@H](NC(=O)c2c(Cl)cccc2Cl)C(=O)O)c2ncccc12. The molecule has 3 aromatic rings. The van der Waals surface area contributed by atoms with Gasteiger partial charge >= 0.3 is 12.1 Å². The summed E-state index contributed by atoms with van der Waals surface area (Å²) in [4.78, 5) is 42.1. The lowest BCUT2D eigenvalue weighted by atomic mass is 10.0. The maximum absolute atomic E-state index is 12.7. The van der Waals surface area contributed by atoms with Gasteiger partial charge in [-0.2, -0.15) is 0 Å². The van der Waals surface area contributed by atoms with E-state index >= 15 is 0 Å². The van der Waals surface area contributed by atoms with Crippen molar-refractivity contribution in [1.82, 2.24) is 15.2 Å². The first kappa shape index (κ1) is 23.3. The van der Waals surface area contributed by atoms with E-state index in [0.29, 0.717) is 16.5 Å². The molecule has 1 heterocycles. The highest BCUT2D eigenvalue weighted by atomic mass is 35.5. The van der Waals surface area contributed by atoms with E-state index in [1.807, 2.05) is 0 Å². The van der Waals surface area contributed by atoms with E-state index in [1.165, 1.54) is 17.0 Å². The molecule has 8 nitrogen and oxygen atoms in total. The number of nitrogens with zero attached hydrogens (tertiary/aromatic N) is 2. The molecule has 2 amide bonds. The number of halogens is 2. The third-order valence-electron chi connectivity index (χ3n) is 4.59. The van der Waals surface area contributed by atoms with Crippen LogP contribution < -0.4 is 10.1 Å². The maximum atomic E-state index is 12.7. The van der Waals surface area contributed by atoms with Crippen LogP contribution >= 0.6 is 23.2 Å². The molecule has 0 aliphatic carbocycles. The van der Waals surface area contributed by atoms with Crippen molar-refractivity contribution in [3.63, 3.8) is 0 Å². The number of carboxylic acid groups (broad SMARTS) is 1. The smallest absolute Gasteiger partial charge is 0.414 e. The van der Waals surface area contributed by atoms with Gasteiger partial charge in [0.05, 0.1) is 21.1 Å². The average Bonchev–Trinajstić information content (AvgIpc) is 2.74. The Morgan fingerprint density at radius 1 is 1.09 bits per heavy atom. The van der Waals surface area contributed by atoms with Crippen molar-refractivity contribution in [2.45, 2.75) is 12.5 Å². The molecule has 0 saturated heterocycles. The summed E-state index contributed by atoms with van der Waals surface area (Å²) in [5.74, 6) is -1.66. The third kappa shape index (κ3) is 5.09. The summed E-state index contributed by atoms with van der Waals surface area (Å²) in [6.07, 6.45) is 0.912. The van der Waals surface area contributed by atoms with Gasteiger partial charge in [0, 0.05) is 32.1 Å². The molecule has 0 aliphatic rings. The first-order valence-corrected chi connectivity index (χ1v) is 10.2. The van der Waals surface area contributed by atoms with Crippen LogP contribution in [0.15, 0.2) is 48.7 Å². The summed E-state index contributed by atoms with van der Waals surface area (Å²) in [5.41, 5.74) is 0.993. The van der Waals surface area contributed by atoms with E-state index in [4.69, 9.17) is 27.9 Å². The largest absolute Gasteiger partial charge is 0.480 e. The molecule has 2 aromatic carbocycles. The lowest BCUT2D eigenvalue weighted by Gasteiger charge is -2.18. The van der Waals surface area contributed by atoms with Gasteiger partial charge in [-0.3, -0.25) is 9.78 Å². The van der Waals surface area contributed by atoms with Crippen molar-refractivity contribution in [3.8, 4) is 5.75 Å². The topological polar surface area (TPSA) is 109 Å². The van der Waals surface area contributed by atoms with E-state index in [0.717, 1.165) is 0 Å². The molecule has 32 heavy (non-hydrogen) atoms. The minimum atomic E-state index is -1.28. The fraction of sp³-hybridized carbons (Fsp3) is 0.182. The lowest BCUT2D eigenvalue weighted by molar-refractivity contribution is -0.139. The minimum absolute atomic E-state index is 0.00369. The second-order valence-corrected chi connectivity index (χ2v) is 7.86. The molecule has 10 heteroatoms. The number of aliphatic carboxylic acids is 1. The standard InChI is InChI=1S/C22H19Cl2N3O5/c1-27(2)22(31)32-17-9-8-12(19-13(17)5-4-10-25-19)11-16(21(29)30)26-20(28)18-14(23)6-3-7-15(18)24/h3-10,16H,11H2,1-2H3,(H,26,28)(H,29,30)/t16-/m0/s1. The molecule has 0 bridgehead atoms. The van der Waals surface area contributed by atoms with E-state index in [1.54, 1.807) is 50.6 Å². The van der Waals surface area contributed by atoms with Gasteiger partial charge in [0.15, 0.2) is 0 Å². The number of carbonyl (C=O) groups is 3. The Bertz CT molecular complexity index is 1180. The highest BCUT2D eigenvalue weighted by Gasteiger charge is 2.25. The Morgan fingerprint density at radius 2 is 1.78 bits per heavy atom. The number of nitrogens with one attached hydrogen (secondary N) is 1. The summed E-state index contributed by atoms with van der Waals surface area (Å²) >= 11 is 12.1. The van der Waals surface area contributed by atoms with Crippen LogP contribution in [0.1, 0.15) is 15.9 Å². The maximum Gasteiger partial charge on any atom is 0.414 e. The number of carboxylic acids is 1. The summed E-state index contributed by atoms with van der Waals surface area (Å²) in [7, 11) is 3.12. The number of carbonyl (C=O) groups excluding carboxylic acids is 2. The quantitative estimate of drug-likeness (QED) is 0.556. The molecule has 0 fully saturated rings. The Labute approximate surface area is 193 Å². The number of hydrogen-bond donors (Lipinski definition) is 2. The van der Waals surface area contributed by atoms with Gasteiger partial charge in [-0.05, 0) is 35.9 Å². The normalized spacial score (nSPS) is 11.6. The van der Waals surface area contributed by atoms with Crippen LogP contribution in [0.25, 0.3) is 10.9 Å². The molecule has 3 rings (SSSR count). The zero-order valence-electron chi connectivity index (χ0n) is 17.1. The zero-order valence-corrected chi connectivity index (χ0v) is 18.6. The molecule has 0 unspecified atom stereocenters. The number of pyridine rings is 1. The molecule has 1 aromatic heterocycles. The van der Waals surface area contributed by atoms with Gasteiger partial charge in [-0.25, -0.2) is 9.59 Å². The monoisotopic (exact) mass is 475 g/mol. The predicted molar refractivity (Wildman–Crippen MR) is 121 cm³/mol. The Hall–Kier alpha value is -3.36. The lowest BCUT2D eigenvalue weighted by Crippen LogP contribution is -2.42. The van der Waals surface area contributed by atoms with Gasteiger partial charge in [0.25, 0.3) is 5.91 Å². The number of ether oxygens (including phenoxy) is 1. The minimum Gasteiger partial charge on any atom is -0.480 e. The van der Waals surface area contributed by atoms with Crippen molar-refractivity contribution in [1.29, 1.82) is 0 Å². The summed E-state index contributed by atoms with van der Waals surface area (Å²) < 4.78 is 5.38. The van der Waals surface area contributed by atoms with E-state index < -0.39 is 24.0 Å². The molecule has 0 saturated carbocycles. The average molecular weight is 476 g/mol. The first-order valence-electron chi connectivity index (χ1n) is 9.42.